The summed E-state index contributed by atoms with van der Waals surface area (Å²) in [6.07, 6.45) is 2.15. The van der Waals surface area contributed by atoms with E-state index in [4.69, 9.17) is 0 Å². The molecule has 72 valence electrons. The van der Waals surface area contributed by atoms with Crippen molar-refractivity contribution in [2.45, 2.75) is 44.4 Å². The third-order valence-corrected chi connectivity index (χ3v) is 3.23. The highest BCUT2D eigenvalue weighted by Gasteiger charge is 2.31. The van der Waals surface area contributed by atoms with Gasteiger partial charge in [-0.15, -0.1) is 0 Å². The Kier molecular flexibility index (Phi) is 2.53. The molecule has 0 aromatic carbocycles. The second kappa shape index (κ2) is 3.65. The molecule has 2 heteroatoms. The Morgan fingerprint density at radius 1 is 0.846 bits per heavy atom. The lowest BCUT2D eigenvalue weighted by atomic mass is 9.86. The van der Waals surface area contributed by atoms with Crippen molar-refractivity contribution in [2.75, 3.05) is 0 Å². The van der Waals surface area contributed by atoms with Gasteiger partial charge in [0.1, 0.15) is 0 Å². The lowest BCUT2D eigenvalue weighted by molar-refractivity contribution is 0.231. The maximum absolute atomic E-state index is 13.1. The highest BCUT2D eigenvalue weighted by atomic mass is 19.1. The van der Waals surface area contributed by atoms with Crippen molar-refractivity contribution in [3.63, 3.8) is 0 Å². The van der Waals surface area contributed by atoms with Crippen molar-refractivity contribution in [3.8, 4) is 11.8 Å². The number of alkyl halides is 2. The Bertz CT molecular complexity index is 216. The lowest BCUT2D eigenvalue weighted by Gasteiger charge is -2.21. The van der Waals surface area contributed by atoms with E-state index in [1.165, 1.54) is 0 Å². The van der Waals surface area contributed by atoms with Crippen LogP contribution in [-0.4, -0.2) is 12.3 Å². The summed E-state index contributed by atoms with van der Waals surface area (Å²) in [5.41, 5.74) is 0. The molecule has 0 saturated heterocycles. The molecule has 2 rings (SSSR count). The minimum absolute atomic E-state index is 0.392. The van der Waals surface area contributed by atoms with Crippen LogP contribution in [0.4, 0.5) is 8.78 Å². The van der Waals surface area contributed by atoms with Crippen LogP contribution in [0.1, 0.15) is 32.1 Å². The number of rotatable bonds is 0. The summed E-state index contributed by atoms with van der Waals surface area (Å²) in [6, 6.07) is 0. The van der Waals surface area contributed by atoms with Crippen molar-refractivity contribution < 1.29 is 8.78 Å². The van der Waals surface area contributed by atoms with Crippen molar-refractivity contribution >= 4 is 0 Å². The van der Waals surface area contributed by atoms with E-state index in [-0.39, 0.29) is 0 Å². The molecular formula is C11H14F2. The molecule has 0 amide bonds. The molecule has 1 saturated carbocycles. The fourth-order valence-corrected chi connectivity index (χ4v) is 2.56. The Hall–Kier alpha value is -0.580. The molecule has 1 fully saturated rings. The van der Waals surface area contributed by atoms with Gasteiger partial charge in [0.25, 0.3) is 0 Å². The lowest BCUT2D eigenvalue weighted by Crippen LogP contribution is -2.19. The summed E-state index contributed by atoms with van der Waals surface area (Å²) in [6.45, 7) is 0. The summed E-state index contributed by atoms with van der Waals surface area (Å²) in [5, 5.41) is 0. The van der Waals surface area contributed by atoms with E-state index in [1.54, 1.807) is 0 Å². The van der Waals surface area contributed by atoms with Crippen molar-refractivity contribution in [2.24, 2.45) is 11.8 Å². The molecule has 2 aliphatic rings. The zero-order valence-corrected chi connectivity index (χ0v) is 7.60. The largest absolute Gasteiger partial charge is 0.233 e. The molecule has 0 aromatic rings. The van der Waals surface area contributed by atoms with E-state index in [0.717, 1.165) is 19.3 Å². The van der Waals surface area contributed by atoms with Crippen LogP contribution in [0.5, 0.6) is 0 Å². The fraction of sp³-hybridized carbons (Fsp3) is 0.818. The molecule has 4 atom stereocenters. The highest BCUT2D eigenvalue weighted by Crippen LogP contribution is 2.39. The first-order chi connectivity index (χ1) is 6.25. The number of hydrogen-bond donors (Lipinski definition) is 0. The van der Waals surface area contributed by atoms with Gasteiger partial charge in [-0.1, -0.05) is 31.1 Å². The molecule has 4 unspecified atom stereocenters. The first-order valence-corrected chi connectivity index (χ1v) is 5.05. The van der Waals surface area contributed by atoms with E-state index in [9.17, 15) is 8.78 Å². The minimum Gasteiger partial charge on any atom is -0.233 e. The molecular weight excluding hydrogens is 170 g/mol. The van der Waals surface area contributed by atoms with Crippen LogP contribution in [0.3, 0.4) is 0 Å². The van der Waals surface area contributed by atoms with Gasteiger partial charge in [-0.3, -0.25) is 0 Å². The molecule has 0 aliphatic heterocycles. The Morgan fingerprint density at radius 2 is 1.31 bits per heavy atom. The van der Waals surface area contributed by atoms with Crippen LogP contribution in [0, 0.1) is 23.7 Å². The summed E-state index contributed by atoms with van der Waals surface area (Å²) in [4.78, 5) is 0. The van der Waals surface area contributed by atoms with Crippen molar-refractivity contribution in [1.82, 2.24) is 0 Å². The molecule has 2 aliphatic carbocycles. The molecule has 13 heavy (non-hydrogen) atoms. The molecule has 0 radical (unpaired) electrons. The predicted octanol–water partition coefficient (Wildman–Crippen LogP) is 2.88. The van der Waals surface area contributed by atoms with Crippen LogP contribution in [0.25, 0.3) is 0 Å². The van der Waals surface area contributed by atoms with Crippen LogP contribution in [0.2, 0.25) is 0 Å². The van der Waals surface area contributed by atoms with Crippen LogP contribution in [-0.2, 0) is 0 Å². The molecule has 0 bridgehead atoms. The smallest absolute Gasteiger partial charge is 0.161 e. The van der Waals surface area contributed by atoms with E-state index in [0.29, 0.717) is 24.7 Å². The number of hydrogen-bond acceptors (Lipinski definition) is 0. The van der Waals surface area contributed by atoms with Crippen molar-refractivity contribution in [3.05, 3.63) is 0 Å². The van der Waals surface area contributed by atoms with E-state index in [2.05, 4.69) is 11.8 Å². The van der Waals surface area contributed by atoms with Crippen molar-refractivity contribution in [1.29, 1.82) is 0 Å². The molecule has 0 N–H and O–H groups in total. The maximum Gasteiger partial charge on any atom is 0.161 e. The Labute approximate surface area is 77.7 Å². The third-order valence-electron chi connectivity index (χ3n) is 3.23. The quantitative estimate of drug-likeness (QED) is 0.508. The Balaban J connectivity index is 2.10. The Morgan fingerprint density at radius 3 is 1.77 bits per heavy atom. The van der Waals surface area contributed by atoms with Gasteiger partial charge >= 0.3 is 0 Å². The fourth-order valence-electron chi connectivity index (χ4n) is 2.56. The maximum atomic E-state index is 13.1. The highest BCUT2D eigenvalue weighted by molar-refractivity contribution is 5.12. The first kappa shape index (κ1) is 8.99. The molecule has 0 nitrogen and oxygen atoms in total. The van der Waals surface area contributed by atoms with Gasteiger partial charge in [0, 0.05) is 0 Å². The van der Waals surface area contributed by atoms with Crippen LogP contribution >= 0.6 is 0 Å². The average Bonchev–Trinajstić information content (AvgIpc) is 2.47. The topological polar surface area (TPSA) is 0 Å². The van der Waals surface area contributed by atoms with Crippen LogP contribution < -0.4 is 0 Å². The number of halogens is 2. The summed E-state index contributed by atoms with van der Waals surface area (Å²) in [5.74, 6) is 5.49. The zero-order valence-electron chi connectivity index (χ0n) is 7.60. The standard InChI is InChI=1S/C11H14F2/c12-10-4-5-11(13)7-9-3-1-2-8(9)6-10/h8-11H,1-3,6-7H2. The normalized spacial score (nSPS) is 44.2. The van der Waals surface area contributed by atoms with Gasteiger partial charge in [-0.05, 0) is 24.7 Å². The summed E-state index contributed by atoms with van der Waals surface area (Å²) >= 11 is 0. The average molecular weight is 184 g/mol. The monoisotopic (exact) mass is 184 g/mol. The van der Waals surface area contributed by atoms with E-state index < -0.39 is 12.3 Å². The van der Waals surface area contributed by atoms with Gasteiger partial charge in [0.05, 0.1) is 0 Å². The second-order valence-electron chi connectivity index (χ2n) is 4.15. The summed E-state index contributed by atoms with van der Waals surface area (Å²) < 4.78 is 26.2. The molecule has 0 aromatic heterocycles. The SMILES string of the molecule is FC1C#CC(F)CC2CCCC2C1. The molecule has 0 heterocycles. The van der Waals surface area contributed by atoms with Crippen LogP contribution in [0.15, 0.2) is 0 Å². The van der Waals surface area contributed by atoms with E-state index >= 15 is 0 Å². The van der Waals surface area contributed by atoms with E-state index in [1.807, 2.05) is 0 Å². The van der Waals surface area contributed by atoms with Gasteiger partial charge in [-0.2, -0.15) is 0 Å². The number of fused-ring (bicyclic) bond motifs is 1. The zero-order chi connectivity index (χ0) is 9.26. The predicted molar refractivity (Wildman–Crippen MR) is 47.6 cm³/mol. The van der Waals surface area contributed by atoms with Gasteiger partial charge < -0.3 is 0 Å². The third kappa shape index (κ3) is 2.02. The van der Waals surface area contributed by atoms with Gasteiger partial charge in [0.2, 0.25) is 0 Å². The second-order valence-corrected chi connectivity index (χ2v) is 4.15. The first-order valence-electron chi connectivity index (χ1n) is 5.05. The summed E-state index contributed by atoms with van der Waals surface area (Å²) in [7, 11) is 0. The minimum atomic E-state index is -1.09. The molecule has 0 spiro atoms. The van der Waals surface area contributed by atoms with Gasteiger partial charge in [-0.25, -0.2) is 8.78 Å². The van der Waals surface area contributed by atoms with Gasteiger partial charge in [0.15, 0.2) is 12.3 Å².